The van der Waals surface area contributed by atoms with Gasteiger partial charge in [0.05, 0.1) is 44.5 Å². The number of nitrogens with zero attached hydrogens (tertiary/aromatic N) is 3. The highest BCUT2D eigenvalue weighted by atomic mass is 15.1. The van der Waals surface area contributed by atoms with Gasteiger partial charge in [-0.3, -0.25) is 0 Å². The lowest BCUT2D eigenvalue weighted by Gasteiger charge is -2.34. The van der Waals surface area contributed by atoms with Crippen molar-refractivity contribution in [3.63, 3.8) is 0 Å². The summed E-state index contributed by atoms with van der Waals surface area (Å²) in [6, 6.07) is 109. The van der Waals surface area contributed by atoms with Crippen LogP contribution in [0.5, 0.6) is 0 Å². The first-order chi connectivity index (χ1) is 37.8. The molecule has 356 valence electrons. The number of rotatable bonds is 9. The summed E-state index contributed by atoms with van der Waals surface area (Å²) in [6.45, 7) is 0. The van der Waals surface area contributed by atoms with Gasteiger partial charge in [0.1, 0.15) is 0 Å². The van der Waals surface area contributed by atoms with E-state index < -0.39 is 5.41 Å². The molecule has 15 rings (SSSR count). The van der Waals surface area contributed by atoms with E-state index in [1.165, 1.54) is 88.1 Å². The van der Waals surface area contributed by atoms with E-state index in [-0.39, 0.29) is 0 Å². The number of hydrogen-bond donors (Lipinski definition) is 0. The molecule has 0 spiro atoms. The fourth-order valence-electron chi connectivity index (χ4n) is 12.9. The molecule has 2 heterocycles. The van der Waals surface area contributed by atoms with Crippen LogP contribution < -0.4 is 4.90 Å². The molecule has 0 atom stereocenters. The third-order valence-corrected chi connectivity index (χ3v) is 16.0. The fraction of sp³-hybridized carbons (Fsp3) is 0.0137. The minimum atomic E-state index is -0.545. The van der Waals surface area contributed by atoms with Gasteiger partial charge in [-0.1, -0.05) is 231 Å². The van der Waals surface area contributed by atoms with Crippen LogP contribution in [0.4, 0.5) is 17.1 Å². The molecule has 0 bridgehead atoms. The summed E-state index contributed by atoms with van der Waals surface area (Å²) in [4.78, 5) is 2.48. The molecule has 12 aromatic carbocycles. The molecular formula is C73H49N3. The minimum Gasteiger partial charge on any atom is -0.310 e. The predicted molar refractivity (Wildman–Crippen MR) is 318 cm³/mol. The normalized spacial score (nSPS) is 12.6. The molecule has 0 amide bonds. The van der Waals surface area contributed by atoms with E-state index in [4.69, 9.17) is 0 Å². The van der Waals surface area contributed by atoms with Gasteiger partial charge in [0, 0.05) is 49.6 Å². The van der Waals surface area contributed by atoms with Crippen molar-refractivity contribution in [2.45, 2.75) is 5.41 Å². The van der Waals surface area contributed by atoms with Crippen LogP contribution >= 0.6 is 0 Å². The highest BCUT2D eigenvalue weighted by molar-refractivity contribution is 6.11. The molecule has 0 N–H and O–H groups in total. The third kappa shape index (κ3) is 6.56. The van der Waals surface area contributed by atoms with Crippen LogP contribution in [-0.4, -0.2) is 9.13 Å². The summed E-state index contributed by atoms with van der Waals surface area (Å²) in [5.41, 5.74) is 21.9. The second kappa shape index (κ2) is 17.6. The lowest BCUT2D eigenvalue weighted by Crippen LogP contribution is -2.28. The van der Waals surface area contributed by atoms with Crippen molar-refractivity contribution >= 4 is 60.7 Å². The lowest BCUT2D eigenvalue weighted by molar-refractivity contribution is 0.768. The number of fused-ring (bicyclic) bond motifs is 9. The average Bonchev–Trinajstić information content (AvgIpc) is 4.17. The Bertz CT molecular complexity index is 4160. The van der Waals surface area contributed by atoms with Gasteiger partial charge >= 0.3 is 0 Å². The molecule has 1 aliphatic carbocycles. The van der Waals surface area contributed by atoms with Crippen LogP contribution in [0.1, 0.15) is 22.3 Å². The van der Waals surface area contributed by atoms with E-state index >= 15 is 0 Å². The van der Waals surface area contributed by atoms with Crippen LogP contribution in [-0.2, 0) is 5.41 Å². The molecular weight excluding hydrogens is 919 g/mol. The summed E-state index contributed by atoms with van der Waals surface area (Å²) >= 11 is 0. The quantitative estimate of drug-likeness (QED) is 0.140. The molecule has 3 heteroatoms. The largest absolute Gasteiger partial charge is 0.310 e. The lowest BCUT2D eigenvalue weighted by atomic mass is 9.68. The molecule has 0 radical (unpaired) electrons. The maximum absolute atomic E-state index is 2.48. The molecule has 0 unspecified atom stereocenters. The van der Waals surface area contributed by atoms with Crippen LogP contribution in [0, 0.1) is 0 Å². The number of benzene rings is 12. The second-order valence-electron chi connectivity index (χ2n) is 19.9. The van der Waals surface area contributed by atoms with E-state index in [1.807, 2.05) is 0 Å². The van der Waals surface area contributed by atoms with Gasteiger partial charge in [0.15, 0.2) is 0 Å². The first-order valence-electron chi connectivity index (χ1n) is 26.3. The van der Waals surface area contributed by atoms with Crippen LogP contribution in [0.3, 0.4) is 0 Å². The van der Waals surface area contributed by atoms with Crippen molar-refractivity contribution in [2.75, 3.05) is 4.90 Å². The van der Waals surface area contributed by atoms with Gasteiger partial charge in [0.25, 0.3) is 0 Å². The summed E-state index contributed by atoms with van der Waals surface area (Å²) in [5, 5.41) is 5.00. The first kappa shape index (κ1) is 43.6. The number of aromatic nitrogens is 2. The van der Waals surface area contributed by atoms with Crippen molar-refractivity contribution in [3.8, 4) is 44.8 Å². The molecule has 14 aromatic rings. The van der Waals surface area contributed by atoms with Crippen LogP contribution in [0.25, 0.3) is 88.4 Å². The molecule has 76 heavy (non-hydrogen) atoms. The molecule has 1 aliphatic rings. The Morgan fingerprint density at radius 3 is 1.07 bits per heavy atom. The average molecular weight is 968 g/mol. The summed E-state index contributed by atoms with van der Waals surface area (Å²) < 4.78 is 4.86. The van der Waals surface area contributed by atoms with Crippen molar-refractivity contribution in [2.24, 2.45) is 0 Å². The summed E-state index contributed by atoms with van der Waals surface area (Å²) in [5.74, 6) is 0. The Morgan fingerprint density at radius 2 is 0.618 bits per heavy atom. The molecule has 2 aromatic heterocycles. The Hall–Kier alpha value is -9.96. The monoisotopic (exact) mass is 967 g/mol. The zero-order valence-corrected chi connectivity index (χ0v) is 41.6. The zero-order chi connectivity index (χ0) is 50.2. The van der Waals surface area contributed by atoms with Gasteiger partial charge in [-0.05, 0) is 106 Å². The Morgan fingerprint density at radius 1 is 0.263 bits per heavy atom. The van der Waals surface area contributed by atoms with Crippen molar-refractivity contribution in [1.82, 2.24) is 9.13 Å². The van der Waals surface area contributed by atoms with Gasteiger partial charge in [0.2, 0.25) is 0 Å². The SMILES string of the molecule is c1ccc(C2(c3ccccc3)c3ccccc3-c3c(N(c4ccc(-c5ccccc5-n5c6ccccc6c6ccccc65)cc4)c4ccc(-c5ccccc5-n5c6ccccc6c6ccccc65)cc4)cccc32)cc1. The van der Waals surface area contributed by atoms with E-state index in [0.29, 0.717) is 0 Å². The topological polar surface area (TPSA) is 13.1 Å². The number of hydrogen-bond acceptors (Lipinski definition) is 1. The first-order valence-corrected chi connectivity index (χ1v) is 26.3. The highest BCUT2D eigenvalue weighted by Gasteiger charge is 2.47. The van der Waals surface area contributed by atoms with Crippen molar-refractivity contribution < 1.29 is 0 Å². The Labute approximate surface area is 442 Å². The van der Waals surface area contributed by atoms with Crippen LogP contribution in [0.2, 0.25) is 0 Å². The second-order valence-corrected chi connectivity index (χ2v) is 19.9. The maximum Gasteiger partial charge on any atom is 0.0714 e. The Balaban J connectivity index is 0.923. The number of para-hydroxylation sites is 6. The van der Waals surface area contributed by atoms with Crippen molar-refractivity contribution in [1.29, 1.82) is 0 Å². The Kier molecular flexibility index (Phi) is 10.1. The fourth-order valence-corrected chi connectivity index (χ4v) is 12.9. The van der Waals surface area contributed by atoms with E-state index in [0.717, 1.165) is 39.6 Å². The van der Waals surface area contributed by atoms with E-state index in [1.54, 1.807) is 0 Å². The molecule has 0 aliphatic heterocycles. The smallest absolute Gasteiger partial charge is 0.0714 e. The zero-order valence-electron chi connectivity index (χ0n) is 41.6. The van der Waals surface area contributed by atoms with Crippen molar-refractivity contribution in [3.05, 3.63) is 320 Å². The number of anilines is 3. The third-order valence-electron chi connectivity index (χ3n) is 16.0. The standard InChI is InChI=1S/C73H49N3/c1-3-22-52(23-4-1)73(53-24-5-2-6-25-53)63-33-14-7-32-62(63)72-64(73)34-21-41-71(72)74(54-46-42-50(43-47-54)56-26-8-15-35-65(56)75-67-37-17-10-28-58(67)59-29-11-18-38-68(59)75)55-48-44-51(45-49-55)57-27-9-16-36-66(57)76-69-39-19-12-30-60(69)61-31-13-20-40-70(61)76/h1-49H. The van der Waals surface area contributed by atoms with Gasteiger partial charge in [-0.25, -0.2) is 0 Å². The van der Waals surface area contributed by atoms with Crippen LogP contribution in [0.15, 0.2) is 297 Å². The molecule has 3 nitrogen and oxygen atoms in total. The summed E-state index contributed by atoms with van der Waals surface area (Å²) in [6.07, 6.45) is 0. The molecule has 0 saturated heterocycles. The predicted octanol–water partition coefficient (Wildman–Crippen LogP) is 19.0. The van der Waals surface area contributed by atoms with E-state index in [9.17, 15) is 0 Å². The maximum atomic E-state index is 2.48. The minimum absolute atomic E-state index is 0.545. The highest BCUT2D eigenvalue weighted by Crippen LogP contribution is 2.59. The van der Waals surface area contributed by atoms with Gasteiger partial charge in [-0.15, -0.1) is 0 Å². The molecule has 0 fully saturated rings. The van der Waals surface area contributed by atoms with E-state index in [2.05, 4.69) is 311 Å². The van der Waals surface area contributed by atoms with Gasteiger partial charge < -0.3 is 14.0 Å². The summed E-state index contributed by atoms with van der Waals surface area (Å²) in [7, 11) is 0. The van der Waals surface area contributed by atoms with Gasteiger partial charge in [-0.2, -0.15) is 0 Å². The molecule has 0 saturated carbocycles.